The summed E-state index contributed by atoms with van der Waals surface area (Å²) >= 11 is 6.50. The molecular formula is C26H25ClN4O4S. The van der Waals surface area contributed by atoms with Gasteiger partial charge in [-0.15, -0.1) is 0 Å². The lowest BCUT2D eigenvalue weighted by atomic mass is 9.87. The van der Waals surface area contributed by atoms with Crippen molar-refractivity contribution < 1.29 is 17.9 Å². The fourth-order valence-corrected chi connectivity index (χ4v) is 4.55. The molecule has 0 bridgehead atoms. The molecule has 0 aliphatic rings. The number of pyridine rings is 1. The van der Waals surface area contributed by atoms with Gasteiger partial charge in [0.1, 0.15) is 0 Å². The summed E-state index contributed by atoms with van der Waals surface area (Å²) in [6.45, 7) is 6.16. The molecule has 4 rings (SSSR count). The van der Waals surface area contributed by atoms with E-state index in [9.17, 15) is 8.42 Å². The first kappa shape index (κ1) is 25.4. The largest absolute Gasteiger partial charge is 0.493 e. The number of nitrogens with one attached hydrogen (secondary N) is 1. The van der Waals surface area contributed by atoms with E-state index in [1.165, 1.54) is 7.11 Å². The Morgan fingerprint density at radius 2 is 1.61 bits per heavy atom. The Balaban J connectivity index is 1.79. The number of methoxy groups -OCH3 is 1. The normalized spacial score (nSPS) is 11.7. The summed E-state index contributed by atoms with van der Waals surface area (Å²) in [5, 5.41) is -0.0875. The molecule has 0 saturated heterocycles. The summed E-state index contributed by atoms with van der Waals surface area (Å²) in [5.74, 6) is 0.732. The van der Waals surface area contributed by atoms with E-state index >= 15 is 0 Å². The molecule has 2 heterocycles. The lowest BCUT2D eigenvalue weighted by molar-refractivity contribution is 0.378. The first-order chi connectivity index (χ1) is 17.1. The van der Waals surface area contributed by atoms with Crippen molar-refractivity contribution in [3.63, 3.8) is 0 Å². The molecule has 10 heteroatoms. The zero-order valence-corrected chi connectivity index (χ0v) is 21.8. The minimum atomic E-state index is -4.05. The molecule has 0 aliphatic carbocycles. The SMILES string of the molecule is COc1ccccc1Oc1c(Cl)nc(-c2cccnc2)nc1NS(=O)(=O)c1ccc(C(C)(C)C)cc1. The molecular weight excluding hydrogens is 500 g/mol. The van der Waals surface area contributed by atoms with Crippen LogP contribution in [0.5, 0.6) is 17.2 Å². The highest BCUT2D eigenvalue weighted by atomic mass is 35.5. The van der Waals surface area contributed by atoms with Gasteiger partial charge in [0.25, 0.3) is 10.0 Å². The van der Waals surface area contributed by atoms with Crippen LogP contribution in [0.1, 0.15) is 26.3 Å². The molecule has 0 aliphatic heterocycles. The van der Waals surface area contributed by atoms with Gasteiger partial charge in [-0.25, -0.2) is 18.4 Å². The third-order valence-corrected chi connectivity index (χ3v) is 6.90. The standard InChI is InChI=1S/C26H25ClN4O4S/c1-26(2,3)18-11-13-19(14-12-18)36(32,33)31-25-22(35-21-10-6-5-9-20(21)34-4)23(27)29-24(30-25)17-8-7-15-28-16-17/h5-16H,1-4H3,(H,29,30,31). The average molecular weight is 525 g/mol. The summed E-state index contributed by atoms with van der Waals surface area (Å²) in [5.41, 5.74) is 1.44. The first-order valence-corrected chi connectivity index (χ1v) is 12.9. The van der Waals surface area contributed by atoms with Gasteiger partial charge in [-0.2, -0.15) is 0 Å². The maximum Gasteiger partial charge on any atom is 0.263 e. The van der Waals surface area contributed by atoms with Crippen molar-refractivity contribution in [3.8, 4) is 28.6 Å². The Labute approximate surface area is 215 Å². The molecule has 186 valence electrons. The molecule has 0 spiro atoms. The molecule has 0 amide bonds. The van der Waals surface area contributed by atoms with Gasteiger partial charge in [0.05, 0.1) is 12.0 Å². The number of hydrogen-bond donors (Lipinski definition) is 1. The molecule has 36 heavy (non-hydrogen) atoms. The number of rotatable bonds is 7. The Hall–Kier alpha value is -3.69. The summed E-state index contributed by atoms with van der Waals surface area (Å²) in [6, 6.07) is 17.0. The molecule has 1 N–H and O–H groups in total. The van der Waals surface area contributed by atoms with E-state index < -0.39 is 10.0 Å². The fourth-order valence-electron chi connectivity index (χ4n) is 3.34. The first-order valence-electron chi connectivity index (χ1n) is 11.0. The lowest BCUT2D eigenvalue weighted by Crippen LogP contribution is -2.16. The van der Waals surface area contributed by atoms with Crippen molar-refractivity contribution >= 4 is 27.4 Å². The Bertz CT molecular complexity index is 1470. The monoisotopic (exact) mass is 524 g/mol. The van der Waals surface area contributed by atoms with E-state index in [2.05, 4.69) is 40.4 Å². The lowest BCUT2D eigenvalue weighted by Gasteiger charge is -2.19. The van der Waals surface area contributed by atoms with Gasteiger partial charge in [-0.3, -0.25) is 9.71 Å². The quantitative estimate of drug-likeness (QED) is 0.292. The second kappa shape index (κ2) is 10.1. The Morgan fingerprint density at radius 1 is 0.917 bits per heavy atom. The van der Waals surface area contributed by atoms with Crippen LogP contribution >= 0.6 is 11.6 Å². The number of sulfonamides is 1. The molecule has 4 aromatic rings. The number of nitrogens with zero attached hydrogens (tertiary/aromatic N) is 3. The number of benzene rings is 2. The summed E-state index contributed by atoms with van der Waals surface area (Å²) in [6.07, 6.45) is 3.16. The number of hydrogen-bond acceptors (Lipinski definition) is 7. The van der Waals surface area contributed by atoms with Crippen molar-refractivity contribution in [1.29, 1.82) is 0 Å². The van der Waals surface area contributed by atoms with Crippen LogP contribution in [-0.4, -0.2) is 30.5 Å². The third-order valence-electron chi connectivity index (χ3n) is 5.29. The number of halogens is 1. The highest BCUT2D eigenvalue weighted by Crippen LogP contribution is 2.40. The molecule has 8 nitrogen and oxygen atoms in total. The van der Waals surface area contributed by atoms with Crippen molar-refractivity contribution in [2.24, 2.45) is 0 Å². The summed E-state index contributed by atoms with van der Waals surface area (Å²) in [7, 11) is -2.55. The van der Waals surface area contributed by atoms with Gasteiger partial charge in [-0.05, 0) is 47.4 Å². The van der Waals surface area contributed by atoms with Crippen LogP contribution in [0.4, 0.5) is 5.82 Å². The van der Waals surface area contributed by atoms with Gasteiger partial charge in [0.15, 0.2) is 28.3 Å². The molecule has 0 atom stereocenters. The highest BCUT2D eigenvalue weighted by molar-refractivity contribution is 7.92. The molecule has 2 aromatic carbocycles. The summed E-state index contributed by atoms with van der Waals surface area (Å²) in [4.78, 5) is 12.9. The Morgan fingerprint density at radius 3 is 2.22 bits per heavy atom. The van der Waals surface area contributed by atoms with E-state index in [0.717, 1.165) is 5.56 Å². The van der Waals surface area contributed by atoms with Crippen LogP contribution in [0.25, 0.3) is 11.4 Å². The van der Waals surface area contributed by atoms with Gasteiger partial charge in [0.2, 0.25) is 5.75 Å². The van der Waals surface area contributed by atoms with Gasteiger partial charge in [-0.1, -0.05) is 56.6 Å². The van der Waals surface area contributed by atoms with E-state index in [1.54, 1.807) is 73.1 Å². The second-order valence-corrected chi connectivity index (χ2v) is 10.9. The molecule has 0 unspecified atom stereocenters. The average Bonchev–Trinajstić information content (AvgIpc) is 2.86. The van der Waals surface area contributed by atoms with E-state index in [4.69, 9.17) is 21.1 Å². The van der Waals surface area contributed by atoms with Crippen LogP contribution in [0.2, 0.25) is 5.15 Å². The van der Waals surface area contributed by atoms with Crippen molar-refractivity contribution in [1.82, 2.24) is 15.0 Å². The van der Waals surface area contributed by atoms with Gasteiger partial charge >= 0.3 is 0 Å². The number of aromatic nitrogens is 3. The molecule has 2 aromatic heterocycles. The zero-order valence-electron chi connectivity index (χ0n) is 20.2. The maximum absolute atomic E-state index is 13.3. The number of ether oxygens (including phenoxy) is 2. The minimum absolute atomic E-state index is 0.0660. The van der Waals surface area contributed by atoms with Crippen molar-refractivity contribution in [2.45, 2.75) is 31.1 Å². The molecule has 0 fully saturated rings. The minimum Gasteiger partial charge on any atom is -0.493 e. The predicted molar refractivity (Wildman–Crippen MR) is 139 cm³/mol. The van der Waals surface area contributed by atoms with Crippen molar-refractivity contribution in [3.05, 3.63) is 83.8 Å². The smallest absolute Gasteiger partial charge is 0.263 e. The predicted octanol–water partition coefficient (Wildman–Crippen LogP) is 6.09. The van der Waals surface area contributed by atoms with Crippen LogP contribution in [-0.2, 0) is 15.4 Å². The van der Waals surface area contributed by atoms with Crippen molar-refractivity contribution in [2.75, 3.05) is 11.8 Å². The number of anilines is 1. The number of para-hydroxylation sites is 2. The van der Waals surface area contributed by atoms with E-state index in [-0.39, 0.29) is 32.9 Å². The summed E-state index contributed by atoms with van der Waals surface area (Å²) < 4.78 is 40.5. The highest BCUT2D eigenvalue weighted by Gasteiger charge is 2.24. The van der Waals surface area contributed by atoms with Crippen LogP contribution in [0, 0.1) is 0 Å². The van der Waals surface area contributed by atoms with Gasteiger partial charge in [0, 0.05) is 18.0 Å². The van der Waals surface area contributed by atoms with E-state index in [1.807, 2.05) is 0 Å². The van der Waals surface area contributed by atoms with Crippen LogP contribution in [0.15, 0.2) is 78.0 Å². The topological polar surface area (TPSA) is 103 Å². The molecule has 0 radical (unpaired) electrons. The zero-order chi connectivity index (χ0) is 25.9. The molecule has 0 saturated carbocycles. The van der Waals surface area contributed by atoms with E-state index in [0.29, 0.717) is 17.1 Å². The maximum atomic E-state index is 13.3. The van der Waals surface area contributed by atoms with Crippen LogP contribution in [0.3, 0.4) is 0 Å². The fraction of sp³-hybridized carbons (Fsp3) is 0.192. The van der Waals surface area contributed by atoms with Crippen LogP contribution < -0.4 is 14.2 Å². The third kappa shape index (κ3) is 5.58. The second-order valence-electron chi connectivity index (χ2n) is 8.89. The Kier molecular flexibility index (Phi) is 7.14. The van der Waals surface area contributed by atoms with Gasteiger partial charge < -0.3 is 9.47 Å².